The molecule has 1 aliphatic heterocycles. The van der Waals surface area contributed by atoms with Gasteiger partial charge in [0.1, 0.15) is 12.4 Å². The molecule has 6 heteroatoms. The van der Waals surface area contributed by atoms with E-state index in [1.54, 1.807) is 11.3 Å². The van der Waals surface area contributed by atoms with Gasteiger partial charge in [0.2, 0.25) is 0 Å². The lowest BCUT2D eigenvalue weighted by Gasteiger charge is -2.35. The number of benzene rings is 2. The topological polar surface area (TPSA) is 49.8 Å². The summed E-state index contributed by atoms with van der Waals surface area (Å²) < 4.78 is 6.11. The van der Waals surface area contributed by atoms with Crippen LogP contribution in [0.3, 0.4) is 0 Å². The lowest BCUT2D eigenvalue weighted by atomic mass is 10.0. The third kappa shape index (κ3) is 7.60. The molecule has 1 aromatic heterocycles. The Balaban J connectivity index is 0.00000306. The van der Waals surface area contributed by atoms with Gasteiger partial charge >= 0.3 is 5.97 Å². The minimum Gasteiger partial charge on any atom is -0.492 e. The van der Waals surface area contributed by atoms with E-state index in [1.165, 1.54) is 35.1 Å². The SMILES string of the molecule is Cl.O=C(O)CCCN1CCCC[C@@H]1COc1ccc(Cc2ccc(-c3ccsc3)cc2)cc1. The molecule has 33 heavy (non-hydrogen) atoms. The molecule has 0 amide bonds. The highest BCUT2D eigenvalue weighted by Crippen LogP contribution is 2.24. The molecule has 2 aromatic carbocycles. The van der Waals surface area contributed by atoms with Crippen LogP contribution in [0.4, 0.5) is 0 Å². The molecule has 0 radical (unpaired) electrons. The van der Waals surface area contributed by atoms with E-state index in [4.69, 9.17) is 9.84 Å². The summed E-state index contributed by atoms with van der Waals surface area (Å²) in [4.78, 5) is 13.2. The molecule has 1 N–H and O–H groups in total. The normalized spacial score (nSPS) is 16.2. The van der Waals surface area contributed by atoms with E-state index in [9.17, 15) is 4.79 Å². The van der Waals surface area contributed by atoms with Gasteiger partial charge in [-0.2, -0.15) is 11.3 Å². The maximum Gasteiger partial charge on any atom is 0.303 e. The lowest BCUT2D eigenvalue weighted by Crippen LogP contribution is -2.43. The van der Waals surface area contributed by atoms with Gasteiger partial charge in [0.25, 0.3) is 0 Å². The molecule has 0 aliphatic carbocycles. The molecule has 4 nitrogen and oxygen atoms in total. The van der Waals surface area contributed by atoms with Crippen LogP contribution in [0.1, 0.15) is 43.2 Å². The number of carboxylic acids is 1. The second-order valence-electron chi connectivity index (χ2n) is 8.52. The van der Waals surface area contributed by atoms with Crippen LogP contribution >= 0.6 is 23.7 Å². The van der Waals surface area contributed by atoms with E-state index in [-0.39, 0.29) is 18.8 Å². The number of hydrogen-bond acceptors (Lipinski definition) is 4. The van der Waals surface area contributed by atoms with Gasteiger partial charge in [0.15, 0.2) is 0 Å². The predicted octanol–water partition coefficient (Wildman–Crippen LogP) is 6.53. The Bertz CT molecular complexity index is 974. The number of halogens is 1. The fourth-order valence-corrected chi connectivity index (χ4v) is 5.02. The Morgan fingerprint density at radius 2 is 1.73 bits per heavy atom. The zero-order valence-electron chi connectivity index (χ0n) is 18.8. The van der Waals surface area contributed by atoms with Gasteiger partial charge in [-0.15, -0.1) is 12.4 Å². The standard InChI is InChI=1S/C27H31NO3S.ClH/c29-27(30)5-3-16-28-15-2-1-4-25(28)19-31-26-12-8-22(9-13-26)18-21-6-10-23(11-7-21)24-14-17-32-20-24;/h6-14,17,20,25H,1-5,15-16,18-19H2,(H,29,30);1H/t25-;/m1./s1. The van der Waals surface area contributed by atoms with Crippen molar-refractivity contribution in [2.75, 3.05) is 19.7 Å². The lowest BCUT2D eigenvalue weighted by molar-refractivity contribution is -0.137. The molecule has 0 bridgehead atoms. The van der Waals surface area contributed by atoms with Crippen LogP contribution in [0.2, 0.25) is 0 Å². The van der Waals surface area contributed by atoms with Crippen molar-refractivity contribution in [2.45, 2.75) is 44.6 Å². The Kier molecular flexibility index (Phi) is 9.79. The van der Waals surface area contributed by atoms with E-state index in [0.29, 0.717) is 19.1 Å². The summed E-state index contributed by atoms with van der Waals surface area (Å²) in [6.07, 6.45) is 5.37. The Labute approximate surface area is 206 Å². The van der Waals surface area contributed by atoms with Crippen LogP contribution in [0.5, 0.6) is 5.75 Å². The van der Waals surface area contributed by atoms with E-state index in [0.717, 1.165) is 31.7 Å². The van der Waals surface area contributed by atoms with Gasteiger partial charge in [0.05, 0.1) is 0 Å². The van der Waals surface area contributed by atoms with Crippen molar-refractivity contribution in [1.82, 2.24) is 4.90 Å². The fraction of sp³-hybridized carbons (Fsp3) is 0.370. The van der Waals surface area contributed by atoms with E-state index < -0.39 is 5.97 Å². The molecular formula is C27H32ClNO3S. The maximum atomic E-state index is 10.8. The zero-order valence-corrected chi connectivity index (χ0v) is 20.5. The van der Waals surface area contributed by atoms with Crippen molar-refractivity contribution in [3.8, 4) is 16.9 Å². The predicted molar refractivity (Wildman–Crippen MR) is 138 cm³/mol. The Hall–Kier alpha value is -2.34. The van der Waals surface area contributed by atoms with Crippen molar-refractivity contribution in [1.29, 1.82) is 0 Å². The molecule has 1 fully saturated rings. The first-order valence-corrected chi connectivity index (χ1v) is 12.4. The summed E-state index contributed by atoms with van der Waals surface area (Å²) in [6.45, 7) is 2.54. The quantitative estimate of drug-likeness (QED) is 0.355. The number of hydrogen-bond donors (Lipinski definition) is 1. The monoisotopic (exact) mass is 485 g/mol. The Morgan fingerprint density at radius 3 is 2.39 bits per heavy atom. The highest BCUT2D eigenvalue weighted by Gasteiger charge is 2.22. The number of carboxylic acid groups (broad SMARTS) is 1. The number of thiophene rings is 1. The number of likely N-dealkylation sites (tertiary alicyclic amines) is 1. The minimum atomic E-state index is -0.715. The Morgan fingerprint density at radius 1 is 1.00 bits per heavy atom. The van der Waals surface area contributed by atoms with Crippen LogP contribution < -0.4 is 4.74 Å². The van der Waals surface area contributed by atoms with Crippen LogP contribution in [0.25, 0.3) is 11.1 Å². The summed E-state index contributed by atoms with van der Waals surface area (Å²) >= 11 is 1.72. The van der Waals surface area contributed by atoms with Crippen molar-refractivity contribution in [3.05, 3.63) is 76.5 Å². The number of piperidine rings is 1. The van der Waals surface area contributed by atoms with Gasteiger partial charge in [-0.25, -0.2) is 0 Å². The maximum absolute atomic E-state index is 10.8. The van der Waals surface area contributed by atoms with E-state index in [2.05, 4.69) is 70.3 Å². The van der Waals surface area contributed by atoms with Gasteiger partial charge in [-0.3, -0.25) is 9.69 Å². The highest BCUT2D eigenvalue weighted by molar-refractivity contribution is 7.08. The van der Waals surface area contributed by atoms with Gasteiger partial charge in [-0.05, 0) is 90.0 Å². The molecule has 176 valence electrons. The summed E-state index contributed by atoms with van der Waals surface area (Å²) in [5.41, 5.74) is 5.12. The van der Waals surface area contributed by atoms with E-state index >= 15 is 0 Å². The van der Waals surface area contributed by atoms with Crippen molar-refractivity contribution >= 4 is 29.7 Å². The van der Waals surface area contributed by atoms with Gasteiger partial charge < -0.3 is 9.84 Å². The third-order valence-electron chi connectivity index (χ3n) is 6.17. The summed E-state index contributed by atoms with van der Waals surface area (Å²) in [6, 6.07) is 19.8. The van der Waals surface area contributed by atoms with Crippen molar-refractivity contribution in [2.24, 2.45) is 0 Å². The zero-order chi connectivity index (χ0) is 22.2. The van der Waals surface area contributed by atoms with Crippen LogP contribution in [0, 0.1) is 0 Å². The average molecular weight is 486 g/mol. The molecule has 0 unspecified atom stereocenters. The number of nitrogens with zero attached hydrogens (tertiary/aromatic N) is 1. The van der Waals surface area contributed by atoms with Crippen LogP contribution in [-0.2, 0) is 11.2 Å². The van der Waals surface area contributed by atoms with Gasteiger partial charge in [0, 0.05) is 12.5 Å². The fourth-order valence-electron chi connectivity index (χ4n) is 4.35. The third-order valence-corrected chi connectivity index (χ3v) is 6.85. The summed E-state index contributed by atoms with van der Waals surface area (Å²) in [5, 5.41) is 13.2. The first-order chi connectivity index (χ1) is 15.7. The minimum absolute atomic E-state index is 0. The molecule has 1 aliphatic rings. The molecule has 0 spiro atoms. The number of carbonyl (C=O) groups is 1. The van der Waals surface area contributed by atoms with E-state index in [1.807, 2.05) is 0 Å². The molecule has 0 saturated carbocycles. The molecule has 1 saturated heterocycles. The number of rotatable bonds is 10. The second kappa shape index (κ2) is 12.8. The smallest absolute Gasteiger partial charge is 0.303 e. The van der Waals surface area contributed by atoms with Crippen LogP contribution in [0.15, 0.2) is 65.4 Å². The molecule has 1 atom stereocenters. The summed E-state index contributed by atoms with van der Waals surface area (Å²) in [7, 11) is 0. The number of ether oxygens (including phenoxy) is 1. The molecule has 2 heterocycles. The number of aliphatic carboxylic acids is 1. The van der Waals surface area contributed by atoms with Crippen LogP contribution in [-0.4, -0.2) is 41.7 Å². The first-order valence-electron chi connectivity index (χ1n) is 11.5. The van der Waals surface area contributed by atoms with Gasteiger partial charge in [-0.1, -0.05) is 42.8 Å². The first kappa shape index (κ1) is 25.3. The highest BCUT2D eigenvalue weighted by atomic mass is 35.5. The molecule has 4 rings (SSSR count). The second-order valence-corrected chi connectivity index (χ2v) is 9.30. The average Bonchev–Trinajstić information content (AvgIpc) is 3.35. The molecule has 3 aromatic rings. The largest absolute Gasteiger partial charge is 0.492 e. The van der Waals surface area contributed by atoms with Crippen molar-refractivity contribution in [3.63, 3.8) is 0 Å². The van der Waals surface area contributed by atoms with Crippen molar-refractivity contribution < 1.29 is 14.6 Å². The summed E-state index contributed by atoms with van der Waals surface area (Å²) in [5.74, 6) is 0.186. The molecular weight excluding hydrogens is 454 g/mol.